The van der Waals surface area contributed by atoms with Crippen LogP contribution in [-0.4, -0.2) is 16.2 Å². The maximum atomic E-state index is 5.83. The number of rotatable bonds is 4. The molecule has 1 saturated carbocycles. The van der Waals surface area contributed by atoms with Gasteiger partial charge in [0.1, 0.15) is 5.38 Å². The van der Waals surface area contributed by atoms with E-state index in [-0.39, 0.29) is 5.38 Å². The summed E-state index contributed by atoms with van der Waals surface area (Å²) in [5.41, 5.74) is 0. The fourth-order valence-electron chi connectivity index (χ4n) is 1.71. The van der Waals surface area contributed by atoms with E-state index in [1.165, 1.54) is 19.3 Å². The number of hydrogen-bond acceptors (Lipinski definition) is 4. The van der Waals surface area contributed by atoms with Crippen molar-refractivity contribution in [3.05, 3.63) is 5.89 Å². The Kier molecular flexibility index (Phi) is 3.14. The molecule has 0 aliphatic heterocycles. The Morgan fingerprint density at radius 3 is 2.60 bits per heavy atom. The van der Waals surface area contributed by atoms with Gasteiger partial charge in [0.25, 0.3) is 0 Å². The minimum atomic E-state index is -0.230. The molecule has 84 valence electrons. The number of halogens is 1. The van der Waals surface area contributed by atoms with E-state index in [1.54, 1.807) is 0 Å². The maximum absolute atomic E-state index is 5.83. The first-order valence-electron chi connectivity index (χ1n) is 5.41. The normalized spacial score (nSPS) is 20.7. The van der Waals surface area contributed by atoms with Crippen molar-refractivity contribution < 1.29 is 4.42 Å². The Labute approximate surface area is 94.4 Å². The second-order valence-corrected chi connectivity index (χ2v) is 4.84. The minimum absolute atomic E-state index is 0.230. The summed E-state index contributed by atoms with van der Waals surface area (Å²) in [4.78, 5) is 0. The Hall–Kier alpha value is -0.770. The summed E-state index contributed by atoms with van der Waals surface area (Å²) >= 11 is 5.83. The van der Waals surface area contributed by atoms with Crippen molar-refractivity contribution in [2.45, 2.75) is 44.5 Å². The average molecular weight is 230 g/mol. The van der Waals surface area contributed by atoms with Crippen LogP contribution in [0.15, 0.2) is 4.42 Å². The lowest BCUT2D eigenvalue weighted by atomic mass is 9.80. The number of hydrogen-bond donors (Lipinski definition) is 1. The third-order valence-electron chi connectivity index (χ3n) is 2.99. The fraction of sp³-hybridized carbons (Fsp3) is 0.800. The molecule has 5 heteroatoms. The quantitative estimate of drug-likeness (QED) is 0.807. The lowest BCUT2D eigenvalue weighted by Gasteiger charge is -2.31. The molecule has 0 spiro atoms. The van der Waals surface area contributed by atoms with Gasteiger partial charge in [-0.25, -0.2) is 0 Å². The molecule has 1 aromatic heterocycles. The molecule has 1 aliphatic carbocycles. The fourth-order valence-corrected chi connectivity index (χ4v) is 1.79. The summed E-state index contributed by atoms with van der Waals surface area (Å²) in [5.74, 6) is 1.22. The summed E-state index contributed by atoms with van der Waals surface area (Å²) in [6.07, 6.45) is 3.92. The largest absolute Gasteiger partial charge is 0.406 e. The van der Waals surface area contributed by atoms with E-state index in [0.29, 0.717) is 17.9 Å². The zero-order chi connectivity index (χ0) is 10.8. The zero-order valence-corrected chi connectivity index (χ0v) is 9.79. The van der Waals surface area contributed by atoms with E-state index >= 15 is 0 Å². The Balaban J connectivity index is 1.91. The minimum Gasteiger partial charge on any atom is -0.406 e. The van der Waals surface area contributed by atoms with E-state index in [0.717, 1.165) is 5.92 Å². The lowest BCUT2D eigenvalue weighted by Crippen LogP contribution is -2.30. The lowest BCUT2D eigenvalue weighted by molar-refractivity contribution is 0.282. The van der Waals surface area contributed by atoms with E-state index in [4.69, 9.17) is 16.0 Å². The molecule has 1 heterocycles. The van der Waals surface area contributed by atoms with Crippen molar-refractivity contribution in [2.24, 2.45) is 5.92 Å². The van der Waals surface area contributed by atoms with Crippen LogP contribution in [0.5, 0.6) is 0 Å². The summed E-state index contributed by atoms with van der Waals surface area (Å²) in [6, 6.07) is 0.884. The van der Waals surface area contributed by atoms with Crippen molar-refractivity contribution >= 4 is 17.6 Å². The molecule has 0 amide bonds. The molecule has 0 radical (unpaired) electrons. The Morgan fingerprint density at radius 2 is 2.13 bits per heavy atom. The summed E-state index contributed by atoms with van der Waals surface area (Å²) in [6.45, 7) is 3.96. The number of anilines is 1. The van der Waals surface area contributed by atoms with Crippen molar-refractivity contribution in [2.75, 3.05) is 5.32 Å². The summed E-state index contributed by atoms with van der Waals surface area (Å²) < 4.78 is 5.37. The molecule has 0 saturated heterocycles. The smallest absolute Gasteiger partial charge is 0.315 e. The van der Waals surface area contributed by atoms with Crippen molar-refractivity contribution in [3.8, 4) is 0 Å². The first kappa shape index (κ1) is 10.7. The van der Waals surface area contributed by atoms with Crippen LogP contribution < -0.4 is 5.32 Å². The van der Waals surface area contributed by atoms with Crippen LogP contribution in [0.4, 0.5) is 6.01 Å². The van der Waals surface area contributed by atoms with E-state index in [2.05, 4.69) is 22.4 Å². The zero-order valence-electron chi connectivity index (χ0n) is 9.03. The first-order chi connectivity index (χ1) is 7.16. The summed E-state index contributed by atoms with van der Waals surface area (Å²) in [5, 5.41) is 10.8. The van der Waals surface area contributed by atoms with Crippen LogP contribution in [0.25, 0.3) is 0 Å². The van der Waals surface area contributed by atoms with Gasteiger partial charge in [-0.05, 0) is 32.6 Å². The molecule has 15 heavy (non-hydrogen) atoms. The predicted molar refractivity (Wildman–Crippen MR) is 59.0 cm³/mol. The number of nitrogens with zero attached hydrogens (tertiary/aromatic N) is 2. The van der Waals surface area contributed by atoms with Crippen molar-refractivity contribution in [1.82, 2.24) is 10.2 Å². The van der Waals surface area contributed by atoms with Crippen LogP contribution in [0.1, 0.15) is 44.4 Å². The predicted octanol–water partition coefficient (Wildman–Crippen LogP) is 2.97. The third kappa shape index (κ3) is 2.43. The van der Waals surface area contributed by atoms with Crippen LogP contribution in [0.2, 0.25) is 0 Å². The van der Waals surface area contributed by atoms with E-state index < -0.39 is 0 Å². The Bertz CT molecular complexity index is 322. The van der Waals surface area contributed by atoms with Crippen molar-refractivity contribution in [1.29, 1.82) is 0 Å². The molecule has 2 rings (SSSR count). The van der Waals surface area contributed by atoms with Crippen molar-refractivity contribution in [3.63, 3.8) is 0 Å². The number of alkyl halides is 1. The third-order valence-corrected chi connectivity index (χ3v) is 3.18. The second kappa shape index (κ2) is 4.39. The van der Waals surface area contributed by atoms with Gasteiger partial charge in [0, 0.05) is 6.04 Å². The molecule has 1 aromatic rings. The highest BCUT2D eigenvalue weighted by Crippen LogP contribution is 2.31. The van der Waals surface area contributed by atoms with Crippen LogP contribution in [0.3, 0.4) is 0 Å². The average Bonchev–Trinajstić information content (AvgIpc) is 2.48. The SMILES string of the molecule is CC(Cl)c1nnc(NC(C)C2CCC2)o1. The topological polar surface area (TPSA) is 51.0 Å². The van der Waals surface area contributed by atoms with Gasteiger partial charge in [0.2, 0.25) is 5.89 Å². The van der Waals surface area contributed by atoms with Crippen LogP contribution in [0, 0.1) is 5.92 Å². The maximum Gasteiger partial charge on any atom is 0.315 e. The monoisotopic (exact) mass is 229 g/mol. The summed E-state index contributed by atoms with van der Waals surface area (Å²) in [7, 11) is 0. The molecular formula is C10H16ClN3O. The molecule has 1 aliphatic rings. The van der Waals surface area contributed by atoms with Gasteiger partial charge < -0.3 is 9.73 Å². The van der Waals surface area contributed by atoms with Gasteiger partial charge in [-0.3, -0.25) is 0 Å². The van der Waals surface area contributed by atoms with Gasteiger partial charge >= 0.3 is 6.01 Å². The molecule has 1 fully saturated rings. The number of aromatic nitrogens is 2. The highest BCUT2D eigenvalue weighted by Gasteiger charge is 2.25. The molecule has 1 N–H and O–H groups in total. The molecule has 2 atom stereocenters. The molecule has 0 bridgehead atoms. The van der Waals surface area contributed by atoms with E-state index in [1.807, 2.05) is 6.92 Å². The second-order valence-electron chi connectivity index (χ2n) is 4.19. The number of nitrogens with one attached hydrogen (secondary N) is 1. The molecular weight excluding hydrogens is 214 g/mol. The van der Waals surface area contributed by atoms with Gasteiger partial charge in [0.05, 0.1) is 0 Å². The van der Waals surface area contributed by atoms with Crippen LogP contribution in [-0.2, 0) is 0 Å². The Morgan fingerprint density at radius 1 is 1.40 bits per heavy atom. The standard InChI is InChI=1S/C10H16ClN3O/c1-6(11)9-13-14-10(15-9)12-7(2)8-4-3-5-8/h6-8H,3-5H2,1-2H3,(H,12,14). The van der Waals surface area contributed by atoms with E-state index in [9.17, 15) is 0 Å². The first-order valence-corrected chi connectivity index (χ1v) is 5.84. The molecule has 2 unspecified atom stereocenters. The highest BCUT2D eigenvalue weighted by molar-refractivity contribution is 6.20. The van der Waals surface area contributed by atoms with Gasteiger partial charge in [-0.2, -0.15) is 0 Å². The molecule has 4 nitrogen and oxygen atoms in total. The van der Waals surface area contributed by atoms with Gasteiger partial charge in [0.15, 0.2) is 0 Å². The molecule has 0 aromatic carbocycles. The van der Waals surface area contributed by atoms with Gasteiger partial charge in [-0.15, -0.1) is 16.7 Å². The van der Waals surface area contributed by atoms with Crippen LogP contribution >= 0.6 is 11.6 Å². The van der Waals surface area contributed by atoms with Gasteiger partial charge in [-0.1, -0.05) is 11.5 Å². The highest BCUT2D eigenvalue weighted by atomic mass is 35.5.